The third kappa shape index (κ3) is 4.28. The standard InChI is InChI=1S/C18H21NO4/c1-18(2)10-13(19-9-8-15(21)22)16(14(20)11-18)17(23)12-6-4-3-5-7-12/h3-7,23H,8-11H2,1-2H3,(H,21,22)/b17-16+,19-13?. The number of aliphatic carboxylic acids is 1. The van der Waals surface area contributed by atoms with Crippen LogP contribution in [0.4, 0.5) is 0 Å². The van der Waals surface area contributed by atoms with Gasteiger partial charge >= 0.3 is 5.97 Å². The molecule has 0 radical (unpaired) electrons. The van der Waals surface area contributed by atoms with Crippen LogP contribution in [0, 0.1) is 5.41 Å². The summed E-state index contributed by atoms with van der Waals surface area (Å²) in [7, 11) is 0. The molecule has 1 aliphatic carbocycles. The second kappa shape index (κ2) is 6.77. The fourth-order valence-electron chi connectivity index (χ4n) is 2.72. The highest BCUT2D eigenvalue weighted by atomic mass is 16.4. The molecule has 5 heteroatoms. The zero-order valence-electron chi connectivity index (χ0n) is 13.4. The average molecular weight is 315 g/mol. The summed E-state index contributed by atoms with van der Waals surface area (Å²) in [4.78, 5) is 27.5. The van der Waals surface area contributed by atoms with Gasteiger partial charge in [-0.05, 0) is 11.8 Å². The van der Waals surface area contributed by atoms with Gasteiger partial charge in [0.1, 0.15) is 5.76 Å². The molecule has 0 aliphatic heterocycles. The highest BCUT2D eigenvalue weighted by Gasteiger charge is 2.36. The van der Waals surface area contributed by atoms with Gasteiger partial charge in [-0.25, -0.2) is 0 Å². The number of aliphatic hydroxyl groups is 1. The predicted molar refractivity (Wildman–Crippen MR) is 88.6 cm³/mol. The van der Waals surface area contributed by atoms with Gasteiger partial charge in [-0.15, -0.1) is 0 Å². The Balaban J connectivity index is 2.44. The summed E-state index contributed by atoms with van der Waals surface area (Å²) in [5.74, 6) is -1.18. The van der Waals surface area contributed by atoms with E-state index in [1.807, 2.05) is 19.9 Å². The summed E-state index contributed by atoms with van der Waals surface area (Å²) in [6.45, 7) is 4.03. The number of benzene rings is 1. The van der Waals surface area contributed by atoms with Crippen molar-refractivity contribution in [3.8, 4) is 0 Å². The maximum atomic E-state index is 12.5. The normalized spacial score (nSPS) is 21.3. The number of carbonyl (C=O) groups excluding carboxylic acids is 1. The fourth-order valence-corrected chi connectivity index (χ4v) is 2.72. The molecule has 0 aromatic heterocycles. The number of rotatable bonds is 4. The van der Waals surface area contributed by atoms with Gasteiger partial charge < -0.3 is 10.2 Å². The van der Waals surface area contributed by atoms with Gasteiger partial charge in [-0.3, -0.25) is 14.6 Å². The summed E-state index contributed by atoms with van der Waals surface area (Å²) in [5, 5.41) is 19.3. The quantitative estimate of drug-likeness (QED) is 0.659. The Kier molecular flexibility index (Phi) is 4.98. The van der Waals surface area contributed by atoms with Crippen LogP contribution in [0.1, 0.15) is 38.7 Å². The summed E-state index contributed by atoms with van der Waals surface area (Å²) in [5.41, 5.74) is 1.02. The van der Waals surface area contributed by atoms with Crippen LogP contribution in [0.5, 0.6) is 0 Å². The second-order valence-electron chi connectivity index (χ2n) is 6.50. The van der Waals surface area contributed by atoms with E-state index in [1.54, 1.807) is 24.3 Å². The van der Waals surface area contributed by atoms with Crippen molar-refractivity contribution in [1.29, 1.82) is 0 Å². The lowest BCUT2D eigenvalue weighted by atomic mass is 9.73. The molecule has 2 N–H and O–H groups in total. The van der Waals surface area contributed by atoms with Crippen molar-refractivity contribution >= 4 is 23.2 Å². The molecule has 0 heterocycles. The van der Waals surface area contributed by atoms with Crippen LogP contribution in [-0.4, -0.2) is 34.2 Å². The number of carboxylic acids is 1. The number of allylic oxidation sites excluding steroid dienone is 1. The SMILES string of the molecule is CC1(C)CC(=O)/C(=C(/O)c2ccccc2)C(=NCCC(=O)O)C1. The van der Waals surface area contributed by atoms with Crippen molar-refractivity contribution in [3.63, 3.8) is 0 Å². The smallest absolute Gasteiger partial charge is 0.305 e. The summed E-state index contributed by atoms with van der Waals surface area (Å²) in [6.07, 6.45) is 0.763. The minimum Gasteiger partial charge on any atom is -0.506 e. The Hall–Kier alpha value is -2.43. The third-order valence-corrected chi connectivity index (χ3v) is 3.76. The predicted octanol–water partition coefficient (Wildman–Crippen LogP) is 3.26. The Morgan fingerprint density at radius 2 is 1.83 bits per heavy atom. The number of Topliss-reactive ketones (excluding diaryl/α,β-unsaturated/α-hetero) is 1. The molecule has 2 rings (SSSR count). The molecule has 0 saturated heterocycles. The molecule has 122 valence electrons. The monoisotopic (exact) mass is 315 g/mol. The van der Waals surface area contributed by atoms with E-state index in [1.165, 1.54) is 0 Å². The largest absolute Gasteiger partial charge is 0.506 e. The van der Waals surface area contributed by atoms with Crippen LogP contribution < -0.4 is 0 Å². The van der Waals surface area contributed by atoms with E-state index >= 15 is 0 Å². The first-order valence-electron chi connectivity index (χ1n) is 7.57. The minimum absolute atomic E-state index is 0.0832. The van der Waals surface area contributed by atoms with E-state index in [0.717, 1.165) is 0 Å². The molecule has 0 spiro atoms. The Labute approximate surface area is 135 Å². The number of ketones is 1. The van der Waals surface area contributed by atoms with Crippen LogP contribution >= 0.6 is 0 Å². The van der Waals surface area contributed by atoms with E-state index in [0.29, 0.717) is 24.1 Å². The van der Waals surface area contributed by atoms with Gasteiger partial charge in [-0.2, -0.15) is 0 Å². The van der Waals surface area contributed by atoms with Gasteiger partial charge in [0.25, 0.3) is 0 Å². The molecule has 0 atom stereocenters. The average Bonchev–Trinajstić information content (AvgIpc) is 2.46. The topological polar surface area (TPSA) is 87.0 Å². The van der Waals surface area contributed by atoms with Crippen molar-refractivity contribution in [2.75, 3.05) is 6.54 Å². The maximum absolute atomic E-state index is 12.5. The molecule has 1 saturated carbocycles. The van der Waals surface area contributed by atoms with Crippen molar-refractivity contribution in [1.82, 2.24) is 0 Å². The Morgan fingerprint density at radius 3 is 2.43 bits per heavy atom. The van der Waals surface area contributed by atoms with Crippen molar-refractivity contribution in [2.45, 2.75) is 33.1 Å². The maximum Gasteiger partial charge on any atom is 0.305 e. The molecule has 1 aliphatic rings. The second-order valence-corrected chi connectivity index (χ2v) is 6.50. The first kappa shape index (κ1) is 16.9. The molecule has 23 heavy (non-hydrogen) atoms. The Bertz CT molecular complexity index is 672. The number of nitrogens with zero attached hydrogens (tertiary/aromatic N) is 1. The highest BCUT2D eigenvalue weighted by Crippen LogP contribution is 2.36. The van der Waals surface area contributed by atoms with Gasteiger partial charge in [0.05, 0.1) is 12.0 Å². The van der Waals surface area contributed by atoms with Gasteiger partial charge in [-0.1, -0.05) is 44.2 Å². The van der Waals surface area contributed by atoms with Crippen LogP contribution in [0.25, 0.3) is 5.76 Å². The van der Waals surface area contributed by atoms with Gasteiger partial charge in [0.2, 0.25) is 0 Å². The van der Waals surface area contributed by atoms with E-state index in [2.05, 4.69) is 4.99 Å². The zero-order chi connectivity index (χ0) is 17.0. The molecular formula is C18H21NO4. The van der Waals surface area contributed by atoms with Crippen LogP contribution in [0.3, 0.4) is 0 Å². The first-order chi connectivity index (χ1) is 10.8. The van der Waals surface area contributed by atoms with Gasteiger partial charge in [0, 0.05) is 24.2 Å². The number of aliphatic hydroxyl groups excluding tert-OH is 1. The molecule has 1 fully saturated rings. The lowest BCUT2D eigenvalue weighted by molar-refractivity contribution is -0.136. The van der Waals surface area contributed by atoms with Crippen molar-refractivity contribution < 1.29 is 19.8 Å². The fraction of sp³-hybridized carbons (Fsp3) is 0.389. The molecule has 5 nitrogen and oxygen atoms in total. The van der Waals surface area contributed by atoms with Gasteiger partial charge in [0.15, 0.2) is 5.78 Å². The van der Waals surface area contributed by atoms with Crippen LogP contribution in [-0.2, 0) is 9.59 Å². The van der Waals surface area contributed by atoms with Crippen molar-refractivity contribution in [2.24, 2.45) is 10.4 Å². The lowest BCUT2D eigenvalue weighted by Gasteiger charge is -2.31. The zero-order valence-corrected chi connectivity index (χ0v) is 13.4. The molecule has 0 amide bonds. The third-order valence-electron chi connectivity index (χ3n) is 3.76. The molecule has 1 aromatic carbocycles. The highest BCUT2D eigenvalue weighted by molar-refractivity contribution is 6.28. The van der Waals surface area contributed by atoms with E-state index in [4.69, 9.17) is 5.11 Å². The summed E-state index contributed by atoms with van der Waals surface area (Å²) < 4.78 is 0. The molecule has 0 unspecified atom stereocenters. The Morgan fingerprint density at radius 1 is 1.17 bits per heavy atom. The van der Waals surface area contributed by atoms with E-state index in [-0.39, 0.29) is 35.5 Å². The van der Waals surface area contributed by atoms with E-state index < -0.39 is 5.97 Å². The summed E-state index contributed by atoms with van der Waals surface area (Å²) in [6, 6.07) is 8.85. The lowest BCUT2D eigenvalue weighted by Crippen LogP contribution is -2.32. The van der Waals surface area contributed by atoms with E-state index in [9.17, 15) is 14.7 Å². The minimum atomic E-state index is -0.937. The molecule has 0 bridgehead atoms. The summed E-state index contributed by atoms with van der Waals surface area (Å²) >= 11 is 0. The first-order valence-corrected chi connectivity index (χ1v) is 7.57. The number of aliphatic imine (C=N–C) groups is 1. The number of hydrogen-bond donors (Lipinski definition) is 2. The van der Waals surface area contributed by atoms with Crippen LogP contribution in [0.2, 0.25) is 0 Å². The number of hydrogen-bond acceptors (Lipinski definition) is 4. The number of carbonyl (C=O) groups is 2. The number of carboxylic acid groups (broad SMARTS) is 1. The molecular weight excluding hydrogens is 294 g/mol. The van der Waals surface area contributed by atoms with Crippen LogP contribution in [0.15, 0.2) is 40.9 Å². The molecule has 1 aromatic rings. The van der Waals surface area contributed by atoms with Crippen molar-refractivity contribution in [3.05, 3.63) is 41.5 Å².